The highest BCUT2D eigenvalue weighted by molar-refractivity contribution is 5.20. The first-order valence-corrected chi connectivity index (χ1v) is 7.62. The first kappa shape index (κ1) is 17.5. The molecule has 0 radical (unpaired) electrons. The molecule has 1 atom stereocenters. The van der Waals surface area contributed by atoms with Crippen LogP contribution in [0, 0.1) is 11.3 Å². The van der Waals surface area contributed by atoms with Crippen molar-refractivity contribution in [2.75, 3.05) is 26.4 Å². The molecule has 1 aromatic carbocycles. The number of nitrogens with one attached hydrogen (secondary N) is 1. The van der Waals surface area contributed by atoms with Gasteiger partial charge in [0.2, 0.25) is 0 Å². The van der Waals surface area contributed by atoms with Gasteiger partial charge in [0.15, 0.2) is 0 Å². The Morgan fingerprint density at radius 1 is 1.14 bits per heavy atom. The Hall–Kier alpha value is -1.57. The van der Waals surface area contributed by atoms with Gasteiger partial charge in [0.05, 0.1) is 12.7 Å². The van der Waals surface area contributed by atoms with Crippen LogP contribution in [-0.4, -0.2) is 31.9 Å². The predicted octanol–water partition coefficient (Wildman–Crippen LogP) is 3.14. The molecular formula is C17H26N2O2. The Kier molecular flexibility index (Phi) is 8.49. The molecule has 4 nitrogen and oxygen atoms in total. The Labute approximate surface area is 128 Å². The zero-order valence-electron chi connectivity index (χ0n) is 13.1. The molecule has 4 heteroatoms. The van der Waals surface area contributed by atoms with Crippen LogP contribution in [0.4, 0.5) is 0 Å². The molecule has 0 spiro atoms. The number of nitriles is 1. The lowest BCUT2D eigenvalue weighted by Crippen LogP contribution is -2.40. The van der Waals surface area contributed by atoms with E-state index in [0.29, 0.717) is 19.8 Å². The molecule has 0 aliphatic carbocycles. The predicted molar refractivity (Wildman–Crippen MR) is 84.3 cm³/mol. The van der Waals surface area contributed by atoms with Crippen LogP contribution in [-0.2, 0) is 4.74 Å². The number of nitrogens with zero attached hydrogens (tertiary/aromatic N) is 1. The van der Waals surface area contributed by atoms with Crippen molar-refractivity contribution in [1.29, 1.82) is 5.26 Å². The molecule has 0 saturated heterocycles. The number of unbranched alkanes of at least 4 members (excludes halogenated alkanes) is 1. The molecule has 116 valence electrons. The maximum absolute atomic E-state index is 9.14. The third kappa shape index (κ3) is 7.69. The topological polar surface area (TPSA) is 54.3 Å². The standard InChI is InChI=1S/C17H26N2O2/c1-3-19-17(2,15-18)11-7-8-12-20-13-14-21-16-9-5-4-6-10-16/h4-6,9-10,19H,3,7-8,11-14H2,1-2H3. The molecule has 0 bridgehead atoms. The summed E-state index contributed by atoms with van der Waals surface area (Å²) in [6.07, 6.45) is 2.80. The van der Waals surface area contributed by atoms with Crippen molar-refractivity contribution in [3.8, 4) is 11.8 Å². The van der Waals surface area contributed by atoms with Crippen LogP contribution < -0.4 is 10.1 Å². The smallest absolute Gasteiger partial charge is 0.119 e. The fourth-order valence-electron chi connectivity index (χ4n) is 2.09. The summed E-state index contributed by atoms with van der Waals surface area (Å²) < 4.78 is 11.1. The maximum atomic E-state index is 9.14. The monoisotopic (exact) mass is 290 g/mol. The number of hydrogen-bond acceptors (Lipinski definition) is 4. The third-order valence-electron chi connectivity index (χ3n) is 3.27. The van der Waals surface area contributed by atoms with Crippen LogP contribution in [0.2, 0.25) is 0 Å². The average molecular weight is 290 g/mol. The minimum atomic E-state index is -0.412. The summed E-state index contributed by atoms with van der Waals surface area (Å²) in [7, 11) is 0. The number of benzene rings is 1. The minimum absolute atomic E-state index is 0.412. The van der Waals surface area contributed by atoms with Gasteiger partial charge in [-0.1, -0.05) is 25.1 Å². The van der Waals surface area contributed by atoms with Crippen molar-refractivity contribution >= 4 is 0 Å². The summed E-state index contributed by atoms with van der Waals surface area (Å²) in [4.78, 5) is 0. The molecule has 1 aromatic rings. The first-order valence-electron chi connectivity index (χ1n) is 7.62. The van der Waals surface area contributed by atoms with Crippen LogP contribution in [0.5, 0.6) is 5.75 Å². The maximum Gasteiger partial charge on any atom is 0.119 e. The van der Waals surface area contributed by atoms with Crippen molar-refractivity contribution in [2.45, 2.75) is 38.6 Å². The molecule has 1 N–H and O–H groups in total. The summed E-state index contributed by atoms with van der Waals surface area (Å²) in [6, 6.07) is 12.1. The second-order valence-corrected chi connectivity index (χ2v) is 5.21. The van der Waals surface area contributed by atoms with Gasteiger partial charge >= 0.3 is 0 Å². The first-order chi connectivity index (χ1) is 10.2. The van der Waals surface area contributed by atoms with Gasteiger partial charge in [-0.15, -0.1) is 0 Å². The van der Waals surface area contributed by atoms with Gasteiger partial charge in [-0.25, -0.2) is 0 Å². The Balaban J connectivity index is 1.99. The highest BCUT2D eigenvalue weighted by Gasteiger charge is 2.20. The van der Waals surface area contributed by atoms with E-state index in [1.807, 2.05) is 44.2 Å². The van der Waals surface area contributed by atoms with Gasteiger partial charge in [0, 0.05) is 6.61 Å². The fourth-order valence-corrected chi connectivity index (χ4v) is 2.09. The number of rotatable bonds is 11. The largest absolute Gasteiger partial charge is 0.491 e. The Morgan fingerprint density at radius 3 is 2.57 bits per heavy atom. The van der Waals surface area contributed by atoms with Gasteiger partial charge in [-0.3, -0.25) is 5.32 Å². The summed E-state index contributed by atoms with van der Waals surface area (Å²) in [5.41, 5.74) is -0.412. The van der Waals surface area contributed by atoms with E-state index in [1.54, 1.807) is 0 Å². The van der Waals surface area contributed by atoms with Gasteiger partial charge < -0.3 is 9.47 Å². The zero-order valence-corrected chi connectivity index (χ0v) is 13.1. The Bertz CT molecular complexity index is 417. The van der Waals surface area contributed by atoms with E-state index in [1.165, 1.54) is 0 Å². The summed E-state index contributed by atoms with van der Waals surface area (Å²) in [6.45, 7) is 6.66. The van der Waals surface area contributed by atoms with E-state index < -0.39 is 5.54 Å². The molecule has 1 unspecified atom stereocenters. The second-order valence-electron chi connectivity index (χ2n) is 5.21. The van der Waals surface area contributed by atoms with Crippen molar-refractivity contribution in [1.82, 2.24) is 5.32 Å². The summed E-state index contributed by atoms with van der Waals surface area (Å²) in [5.74, 6) is 0.872. The molecule has 0 aromatic heterocycles. The molecule has 0 aliphatic rings. The lowest BCUT2D eigenvalue weighted by Gasteiger charge is -2.22. The number of hydrogen-bond donors (Lipinski definition) is 1. The normalized spacial score (nSPS) is 13.4. The van der Waals surface area contributed by atoms with E-state index in [-0.39, 0.29) is 0 Å². The SMILES string of the molecule is CCNC(C)(C#N)CCCCOCCOc1ccccc1. The molecule has 0 heterocycles. The molecular weight excluding hydrogens is 264 g/mol. The quantitative estimate of drug-likeness (QED) is 0.636. The van der Waals surface area contributed by atoms with E-state index in [9.17, 15) is 0 Å². The number of para-hydroxylation sites is 1. The van der Waals surface area contributed by atoms with Gasteiger partial charge in [-0.05, 0) is 44.9 Å². The fraction of sp³-hybridized carbons (Fsp3) is 0.588. The molecule has 0 aliphatic heterocycles. The molecule has 0 fully saturated rings. The van der Waals surface area contributed by atoms with Crippen LogP contribution in [0.1, 0.15) is 33.1 Å². The van der Waals surface area contributed by atoms with Crippen LogP contribution in [0.3, 0.4) is 0 Å². The van der Waals surface area contributed by atoms with E-state index in [4.69, 9.17) is 14.7 Å². The molecule has 0 saturated carbocycles. The second kappa shape index (κ2) is 10.2. The van der Waals surface area contributed by atoms with Crippen LogP contribution >= 0.6 is 0 Å². The molecule has 21 heavy (non-hydrogen) atoms. The van der Waals surface area contributed by atoms with E-state index in [0.717, 1.165) is 31.6 Å². The Morgan fingerprint density at radius 2 is 1.90 bits per heavy atom. The molecule has 0 amide bonds. The van der Waals surface area contributed by atoms with Crippen LogP contribution in [0.25, 0.3) is 0 Å². The van der Waals surface area contributed by atoms with E-state index >= 15 is 0 Å². The van der Waals surface area contributed by atoms with Crippen LogP contribution in [0.15, 0.2) is 30.3 Å². The summed E-state index contributed by atoms with van der Waals surface area (Å²) >= 11 is 0. The highest BCUT2D eigenvalue weighted by Crippen LogP contribution is 2.12. The average Bonchev–Trinajstić information content (AvgIpc) is 2.51. The van der Waals surface area contributed by atoms with Crippen molar-refractivity contribution in [3.05, 3.63) is 30.3 Å². The highest BCUT2D eigenvalue weighted by atomic mass is 16.5. The van der Waals surface area contributed by atoms with Crippen molar-refractivity contribution < 1.29 is 9.47 Å². The lowest BCUT2D eigenvalue weighted by molar-refractivity contribution is 0.0964. The van der Waals surface area contributed by atoms with Gasteiger partial charge in [0.1, 0.15) is 17.9 Å². The number of ether oxygens (including phenoxy) is 2. The van der Waals surface area contributed by atoms with Gasteiger partial charge in [-0.2, -0.15) is 5.26 Å². The van der Waals surface area contributed by atoms with Crippen molar-refractivity contribution in [3.63, 3.8) is 0 Å². The lowest BCUT2D eigenvalue weighted by atomic mass is 9.97. The third-order valence-corrected chi connectivity index (χ3v) is 3.27. The molecule has 1 rings (SSSR count). The van der Waals surface area contributed by atoms with Gasteiger partial charge in [0.25, 0.3) is 0 Å². The van der Waals surface area contributed by atoms with E-state index in [2.05, 4.69) is 11.4 Å². The summed E-state index contributed by atoms with van der Waals surface area (Å²) in [5, 5.41) is 12.4. The minimum Gasteiger partial charge on any atom is -0.491 e. The van der Waals surface area contributed by atoms with Crippen molar-refractivity contribution in [2.24, 2.45) is 0 Å². The zero-order chi connectivity index (χ0) is 15.4.